The molecule has 1 heterocycles. The van der Waals surface area contributed by atoms with Gasteiger partial charge in [0.15, 0.2) is 0 Å². The van der Waals surface area contributed by atoms with Crippen LogP contribution in [0.15, 0.2) is 12.8 Å². The molecule has 0 aliphatic rings. The van der Waals surface area contributed by atoms with Gasteiger partial charge in [0.1, 0.15) is 9.34 Å². The monoisotopic (exact) mass is 145 g/mol. The van der Waals surface area contributed by atoms with E-state index in [2.05, 4.69) is 11.6 Å². The van der Waals surface area contributed by atoms with Crippen LogP contribution in [0.2, 0.25) is 4.34 Å². The van der Waals surface area contributed by atoms with Crippen LogP contribution in [0.4, 0.5) is 0 Å². The third-order valence-corrected chi connectivity index (χ3v) is 1.78. The summed E-state index contributed by atoms with van der Waals surface area (Å²) < 4.78 is 0.708. The minimum Gasteiger partial charge on any atom is -0.244 e. The summed E-state index contributed by atoms with van der Waals surface area (Å²) in [6.07, 6.45) is 3.29. The zero-order valence-electron chi connectivity index (χ0n) is 4.10. The van der Waals surface area contributed by atoms with Gasteiger partial charge in [-0.2, -0.15) is 0 Å². The normalized spacial score (nSPS) is 9.12. The van der Waals surface area contributed by atoms with E-state index in [-0.39, 0.29) is 0 Å². The maximum atomic E-state index is 5.55. The van der Waals surface area contributed by atoms with E-state index in [4.69, 9.17) is 11.6 Å². The first-order valence-corrected chi connectivity index (χ1v) is 3.26. The van der Waals surface area contributed by atoms with Crippen LogP contribution < -0.4 is 0 Å². The fourth-order valence-corrected chi connectivity index (χ4v) is 1.14. The molecule has 0 unspecified atom stereocenters. The van der Waals surface area contributed by atoms with E-state index < -0.39 is 0 Å². The number of rotatable bonds is 1. The van der Waals surface area contributed by atoms with Crippen molar-refractivity contribution in [1.82, 2.24) is 4.98 Å². The molecule has 0 aliphatic heterocycles. The van der Waals surface area contributed by atoms with Gasteiger partial charge >= 0.3 is 0 Å². The lowest BCUT2D eigenvalue weighted by atomic mass is 10.7. The number of halogens is 1. The number of nitrogens with zero attached hydrogens (tertiary/aromatic N) is 1. The molecule has 0 saturated heterocycles. The minimum atomic E-state index is 0.708. The van der Waals surface area contributed by atoms with Crippen molar-refractivity contribution in [3.63, 3.8) is 0 Å². The van der Waals surface area contributed by atoms with Crippen molar-refractivity contribution in [3.05, 3.63) is 22.1 Å². The van der Waals surface area contributed by atoms with Crippen LogP contribution in [0.3, 0.4) is 0 Å². The SMILES string of the molecule is C=Cc1ncc(Cl)s1. The van der Waals surface area contributed by atoms with Crippen LogP contribution in [-0.4, -0.2) is 4.98 Å². The molecule has 0 bridgehead atoms. The van der Waals surface area contributed by atoms with Crippen molar-refractivity contribution in [1.29, 1.82) is 0 Å². The van der Waals surface area contributed by atoms with Gasteiger partial charge in [0.05, 0.1) is 6.20 Å². The molecule has 3 heteroatoms. The van der Waals surface area contributed by atoms with Crippen molar-refractivity contribution in [2.24, 2.45) is 0 Å². The van der Waals surface area contributed by atoms with Gasteiger partial charge in [-0.15, -0.1) is 11.3 Å². The summed E-state index contributed by atoms with van der Waals surface area (Å²) in [5.74, 6) is 0. The molecule has 0 atom stereocenters. The molecular formula is C5H4ClNS. The standard InChI is InChI=1S/C5H4ClNS/c1-2-5-7-3-4(6)8-5/h2-3H,1H2. The second kappa shape index (κ2) is 2.29. The zero-order valence-corrected chi connectivity index (χ0v) is 5.67. The molecule has 8 heavy (non-hydrogen) atoms. The van der Waals surface area contributed by atoms with Crippen LogP contribution in [0.1, 0.15) is 5.01 Å². The Kier molecular flexibility index (Phi) is 1.65. The molecule has 1 nitrogen and oxygen atoms in total. The van der Waals surface area contributed by atoms with Gasteiger partial charge in [0, 0.05) is 0 Å². The summed E-state index contributed by atoms with van der Waals surface area (Å²) in [5, 5.41) is 0.870. The summed E-state index contributed by atoms with van der Waals surface area (Å²) in [6, 6.07) is 0. The third-order valence-electron chi connectivity index (χ3n) is 0.670. The Morgan fingerprint density at radius 1 is 1.88 bits per heavy atom. The average molecular weight is 146 g/mol. The first kappa shape index (κ1) is 5.79. The fourth-order valence-electron chi connectivity index (χ4n) is 0.361. The molecule has 0 fully saturated rings. The van der Waals surface area contributed by atoms with E-state index in [0.29, 0.717) is 4.34 Å². The Morgan fingerprint density at radius 3 is 2.88 bits per heavy atom. The molecule has 1 aromatic rings. The lowest BCUT2D eigenvalue weighted by Gasteiger charge is -1.71. The van der Waals surface area contributed by atoms with Crippen LogP contribution in [0.25, 0.3) is 6.08 Å². The molecule has 0 spiro atoms. The van der Waals surface area contributed by atoms with Gasteiger partial charge in [0.25, 0.3) is 0 Å². The Balaban J connectivity index is 3.00. The summed E-state index contributed by atoms with van der Waals surface area (Å²) in [5.41, 5.74) is 0. The quantitative estimate of drug-likeness (QED) is 0.592. The average Bonchev–Trinajstić information content (AvgIpc) is 2.14. The van der Waals surface area contributed by atoms with E-state index >= 15 is 0 Å². The summed E-state index contributed by atoms with van der Waals surface area (Å²) in [7, 11) is 0. The first-order valence-electron chi connectivity index (χ1n) is 2.06. The van der Waals surface area contributed by atoms with Gasteiger partial charge in [-0.1, -0.05) is 18.2 Å². The van der Waals surface area contributed by atoms with Crippen molar-refractivity contribution < 1.29 is 0 Å². The minimum absolute atomic E-state index is 0.708. The summed E-state index contributed by atoms with van der Waals surface area (Å²) in [4.78, 5) is 3.90. The summed E-state index contributed by atoms with van der Waals surface area (Å²) >= 11 is 6.97. The van der Waals surface area contributed by atoms with Gasteiger partial charge in [-0.25, -0.2) is 4.98 Å². The van der Waals surface area contributed by atoms with Crippen molar-refractivity contribution >= 4 is 29.0 Å². The van der Waals surface area contributed by atoms with Crippen LogP contribution >= 0.6 is 22.9 Å². The lowest BCUT2D eigenvalue weighted by Crippen LogP contribution is -1.58. The predicted molar refractivity (Wildman–Crippen MR) is 37.2 cm³/mol. The molecule has 1 aromatic heterocycles. The van der Waals surface area contributed by atoms with Crippen LogP contribution in [0.5, 0.6) is 0 Å². The van der Waals surface area contributed by atoms with E-state index in [1.165, 1.54) is 11.3 Å². The molecule has 42 valence electrons. The van der Waals surface area contributed by atoms with Crippen LogP contribution in [0, 0.1) is 0 Å². The first-order chi connectivity index (χ1) is 3.83. The Hall–Kier alpha value is -0.340. The molecule has 0 amide bonds. The highest BCUT2D eigenvalue weighted by Gasteiger charge is 1.90. The highest BCUT2D eigenvalue weighted by atomic mass is 35.5. The molecule has 1 rings (SSSR count). The van der Waals surface area contributed by atoms with Crippen molar-refractivity contribution in [2.45, 2.75) is 0 Å². The van der Waals surface area contributed by atoms with Gasteiger partial charge < -0.3 is 0 Å². The van der Waals surface area contributed by atoms with E-state index in [9.17, 15) is 0 Å². The number of aromatic nitrogens is 1. The highest BCUT2D eigenvalue weighted by molar-refractivity contribution is 7.16. The lowest BCUT2D eigenvalue weighted by molar-refractivity contribution is 1.40. The van der Waals surface area contributed by atoms with Crippen LogP contribution in [-0.2, 0) is 0 Å². The molecule has 0 saturated carbocycles. The van der Waals surface area contributed by atoms with Gasteiger partial charge in [-0.05, 0) is 6.08 Å². The smallest absolute Gasteiger partial charge is 0.116 e. The fraction of sp³-hybridized carbons (Fsp3) is 0. The number of hydrogen-bond donors (Lipinski definition) is 0. The third kappa shape index (κ3) is 1.08. The van der Waals surface area contributed by atoms with E-state index in [1.54, 1.807) is 12.3 Å². The Morgan fingerprint density at radius 2 is 2.62 bits per heavy atom. The zero-order chi connectivity index (χ0) is 5.98. The van der Waals surface area contributed by atoms with Gasteiger partial charge in [0.2, 0.25) is 0 Å². The van der Waals surface area contributed by atoms with Gasteiger partial charge in [-0.3, -0.25) is 0 Å². The Labute approximate surface area is 56.6 Å². The summed E-state index contributed by atoms with van der Waals surface area (Å²) in [6.45, 7) is 3.53. The largest absolute Gasteiger partial charge is 0.244 e. The Bertz CT molecular complexity index is 194. The highest BCUT2D eigenvalue weighted by Crippen LogP contribution is 2.18. The molecule has 0 N–H and O–H groups in total. The van der Waals surface area contributed by atoms with E-state index in [0.717, 1.165) is 5.01 Å². The molecule has 0 aliphatic carbocycles. The second-order valence-corrected chi connectivity index (χ2v) is 2.90. The molecule has 0 aromatic carbocycles. The van der Waals surface area contributed by atoms with E-state index in [1.807, 2.05) is 0 Å². The maximum absolute atomic E-state index is 5.55. The molecular weight excluding hydrogens is 142 g/mol. The predicted octanol–water partition coefficient (Wildman–Crippen LogP) is 2.44. The second-order valence-electron chi connectivity index (χ2n) is 1.21. The molecule has 0 radical (unpaired) electrons. The number of thiazole rings is 1. The maximum Gasteiger partial charge on any atom is 0.116 e. The van der Waals surface area contributed by atoms with Crippen molar-refractivity contribution in [2.75, 3.05) is 0 Å². The van der Waals surface area contributed by atoms with Crippen molar-refractivity contribution in [3.8, 4) is 0 Å². The topological polar surface area (TPSA) is 12.9 Å². The number of hydrogen-bond acceptors (Lipinski definition) is 2.